The van der Waals surface area contributed by atoms with Crippen LogP contribution in [-0.4, -0.2) is 12.1 Å². The van der Waals surface area contributed by atoms with Crippen LogP contribution >= 0.6 is 0 Å². The predicted octanol–water partition coefficient (Wildman–Crippen LogP) is 1.81. The Morgan fingerprint density at radius 3 is 2.77 bits per heavy atom. The third-order valence-corrected chi connectivity index (χ3v) is 2.11. The van der Waals surface area contributed by atoms with Gasteiger partial charge in [-0.3, -0.25) is 0 Å². The molecule has 1 heterocycles. The Kier molecular flexibility index (Phi) is 3.25. The third kappa shape index (κ3) is 2.18. The van der Waals surface area contributed by atoms with Gasteiger partial charge in [0.25, 0.3) is 0 Å². The first kappa shape index (κ1) is 9.99. The molecule has 0 aromatic carbocycles. The van der Waals surface area contributed by atoms with E-state index in [0.29, 0.717) is 5.88 Å². The number of hydrogen-bond acceptors (Lipinski definition) is 3. The Labute approximate surface area is 78.9 Å². The van der Waals surface area contributed by atoms with Crippen LogP contribution in [-0.2, 0) is 0 Å². The minimum Gasteiger partial charge on any atom is -0.481 e. The van der Waals surface area contributed by atoms with Crippen LogP contribution in [0.2, 0.25) is 0 Å². The zero-order valence-corrected chi connectivity index (χ0v) is 8.37. The van der Waals surface area contributed by atoms with Crippen molar-refractivity contribution in [3.63, 3.8) is 0 Å². The van der Waals surface area contributed by atoms with Gasteiger partial charge < -0.3 is 10.5 Å². The van der Waals surface area contributed by atoms with E-state index in [1.165, 1.54) is 0 Å². The van der Waals surface area contributed by atoms with Crippen LogP contribution in [0.5, 0.6) is 5.88 Å². The molecule has 0 aliphatic carbocycles. The molecule has 0 unspecified atom stereocenters. The third-order valence-electron chi connectivity index (χ3n) is 2.11. The first-order valence-electron chi connectivity index (χ1n) is 4.45. The molecule has 1 rings (SSSR count). The van der Waals surface area contributed by atoms with E-state index in [-0.39, 0.29) is 6.04 Å². The summed E-state index contributed by atoms with van der Waals surface area (Å²) in [6.07, 6.45) is 2.70. The molecule has 0 radical (unpaired) electrons. The van der Waals surface area contributed by atoms with Gasteiger partial charge in [-0.15, -0.1) is 0 Å². The van der Waals surface area contributed by atoms with Gasteiger partial charge in [-0.1, -0.05) is 6.92 Å². The van der Waals surface area contributed by atoms with E-state index < -0.39 is 0 Å². The van der Waals surface area contributed by atoms with Crippen LogP contribution in [0.25, 0.3) is 0 Å². The Hall–Kier alpha value is -1.09. The Morgan fingerprint density at radius 2 is 2.31 bits per heavy atom. The average Bonchev–Trinajstić information content (AvgIpc) is 2.16. The van der Waals surface area contributed by atoms with Gasteiger partial charge in [-0.2, -0.15) is 0 Å². The molecule has 1 atom stereocenters. The molecule has 0 amide bonds. The number of rotatable bonds is 3. The van der Waals surface area contributed by atoms with E-state index in [2.05, 4.69) is 11.9 Å². The number of hydrogen-bond donors (Lipinski definition) is 1. The largest absolute Gasteiger partial charge is 0.481 e. The molecule has 0 aliphatic heterocycles. The molecule has 3 nitrogen and oxygen atoms in total. The first-order valence-corrected chi connectivity index (χ1v) is 4.45. The molecule has 0 bridgehead atoms. The lowest BCUT2D eigenvalue weighted by Crippen LogP contribution is -2.09. The van der Waals surface area contributed by atoms with Crippen molar-refractivity contribution in [3.05, 3.63) is 23.4 Å². The van der Waals surface area contributed by atoms with Crippen LogP contribution < -0.4 is 10.5 Å². The van der Waals surface area contributed by atoms with E-state index in [1.807, 2.05) is 13.0 Å². The van der Waals surface area contributed by atoms with Crippen LogP contribution in [0.4, 0.5) is 0 Å². The maximum Gasteiger partial charge on any atom is 0.215 e. The van der Waals surface area contributed by atoms with Crippen molar-refractivity contribution in [1.82, 2.24) is 4.98 Å². The van der Waals surface area contributed by atoms with Gasteiger partial charge in [0.15, 0.2) is 0 Å². The fraction of sp³-hybridized carbons (Fsp3) is 0.500. The quantitative estimate of drug-likeness (QED) is 0.771. The molecule has 0 fully saturated rings. The molecule has 13 heavy (non-hydrogen) atoms. The highest BCUT2D eigenvalue weighted by Gasteiger charge is 2.06. The summed E-state index contributed by atoms with van der Waals surface area (Å²) in [7, 11) is 1.62. The monoisotopic (exact) mass is 180 g/mol. The molecule has 0 aliphatic rings. The fourth-order valence-electron chi connectivity index (χ4n) is 1.24. The topological polar surface area (TPSA) is 48.1 Å². The SMILES string of the molecule is CC[C@H](N)c1cnc(OC)c(C)c1. The fourth-order valence-corrected chi connectivity index (χ4v) is 1.24. The van der Waals surface area contributed by atoms with Gasteiger partial charge in [0.2, 0.25) is 5.88 Å². The van der Waals surface area contributed by atoms with Gasteiger partial charge in [-0.05, 0) is 25.0 Å². The summed E-state index contributed by atoms with van der Waals surface area (Å²) in [5.74, 6) is 0.673. The summed E-state index contributed by atoms with van der Waals surface area (Å²) >= 11 is 0. The second kappa shape index (κ2) is 4.23. The molecule has 72 valence electrons. The minimum absolute atomic E-state index is 0.0807. The summed E-state index contributed by atoms with van der Waals surface area (Å²) in [6, 6.07) is 2.11. The van der Waals surface area contributed by atoms with Crippen molar-refractivity contribution in [2.75, 3.05) is 7.11 Å². The number of nitrogens with two attached hydrogens (primary N) is 1. The zero-order chi connectivity index (χ0) is 9.84. The summed E-state index contributed by atoms with van der Waals surface area (Å²) in [5.41, 5.74) is 7.98. The standard InChI is InChI=1S/C10H16N2O/c1-4-9(11)8-5-7(2)10(13-3)12-6-8/h5-6,9H,4,11H2,1-3H3/t9-/m0/s1. The smallest absolute Gasteiger partial charge is 0.215 e. The highest BCUT2D eigenvalue weighted by Crippen LogP contribution is 2.19. The molecule has 2 N–H and O–H groups in total. The molecule has 3 heteroatoms. The number of pyridine rings is 1. The highest BCUT2D eigenvalue weighted by molar-refractivity contribution is 5.29. The molecule has 0 spiro atoms. The second-order valence-corrected chi connectivity index (χ2v) is 3.11. The predicted molar refractivity (Wildman–Crippen MR) is 52.7 cm³/mol. The van der Waals surface area contributed by atoms with Gasteiger partial charge in [0.1, 0.15) is 0 Å². The Morgan fingerprint density at radius 1 is 1.62 bits per heavy atom. The van der Waals surface area contributed by atoms with Crippen molar-refractivity contribution in [3.8, 4) is 5.88 Å². The van der Waals surface area contributed by atoms with Crippen LogP contribution in [0, 0.1) is 6.92 Å². The lowest BCUT2D eigenvalue weighted by Gasteiger charge is -2.10. The van der Waals surface area contributed by atoms with Gasteiger partial charge in [-0.25, -0.2) is 4.98 Å². The minimum atomic E-state index is 0.0807. The molecule has 0 saturated carbocycles. The van der Waals surface area contributed by atoms with Crippen LogP contribution in [0.15, 0.2) is 12.3 Å². The van der Waals surface area contributed by atoms with E-state index in [1.54, 1.807) is 13.3 Å². The maximum atomic E-state index is 5.87. The summed E-state index contributed by atoms with van der Waals surface area (Å²) in [4.78, 5) is 4.16. The Balaban J connectivity index is 2.95. The molecule has 1 aromatic heterocycles. The summed E-state index contributed by atoms with van der Waals surface area (Å²) in [5, 5.41) is 0. The number of aryl methyl sites for hydroxylation is 1. The maximum absolute atomic E-state index is 5.87. The van der Waals surface area contributed by atoms with E-state index >= 15 is 0 Å². The lowest BCUT2D eigenvalue weighted by atomic mass is 10.1. The van der Waals surface area contributed by atoms with Crippen molar-refractivity contribution in [2.45, 2.75) is 26.3 Å². The van der Waals surface area contributed by atoms with Gasteiger partial charge in [0.05, 0.1) is 7.11 Å². The van der Waals surface area contributed by atoms with Gasteiger partial charge >= 0.3 is 0 Å². The average molecular weight is 180 g/mol. The van der Waals surface area contributed by atoms with Crippen LogP contribution in [0.3, 0.4) is 0 Å². The normalized spacial score (nSPS) is 12.6. The molecule has 1 aromatic rings. The van der Waals surface area contributed by atoms with E-state index in [4.69, 9.17) is 10.5 Å². The first-order chi connectivity index (χ1) is 6.19. The number of aromatic nitrogens is 1. The van der Waals surface area contributed by atoms with Crippen molar-refractivity contribution < 1.29 is 4.74 Å². The molecular formula is C10H16N2O. The molecular weight excluding hydrogens is 164 g/mol. The van der Waals surface area contributed by atoms with E-state index in [9.17, 15) is 0 Å². The molecule has 0 saturated heterocycles. The number of ether oxygens (including phenoxy) is 1. The number of nitrogens with zero attached hydrogens (tertiary/aromatic N) is 1. The van der Waals surface area contributed by atoms with Crippen LogP contribution in [0.1, 0.15) is 30.5 Å². The number of methoxy groups -OCH3 is 1. The summed E-state index contributed by atoms with van der Waals surface area (Å²) < 4.78 is 5.06. The highest BCUT2D eigenvalue weighted by atomic mass is 16.5. The van der Waals surface area contributed by atoms with Crippen molar-refractivity contribution in [1.29, 1.82) is 0 Å². The second-order valence-electron chi connectivity index (χ2n) is 3.11. The lowest BCUT2D eigenvalue weighted by molar-refractivity contribution is 0.394. The summed E-state index contributed by atoms with van der Waals surface area (Å²) in [6.45, 7) is 4.03. The van der Waals surface area contributed by atoms with Crippen molar-refractivity contribution >= 4 is 0 Å². The van der Waals surface area contributed by atoms with Crippen molar-refractivity contribution in [2.24, 2.45) is 5.73 Å². The Bertz CT molecular complexity index is 286. The van der Waals surface area contributed by atoms with E-state index in [0.717, 1.165) is 17.5 Å². The zero-order valence-electron chi connectivity index (χ0n) is 8.37. The van der Waals surface area contributed by atoms with Gasteiger partial charge in [0, 0.05) is 17.8 Å².